The van der Waals surface area contributed by atoms with Gasteiger partial charge in [-0.2, -0.15) is 0 Å². The van der Waals surface area contributed by atoms with Crippen LogP contribution < -0.4 is 20.3 Å². The van der Waals surface area contributed by atoms with Gasteiger partial charge in [-0.15, -0.1) is 0 Å². The van der Waals surface area contributed by atoms with Gasteiger partial charge in [0.05, 0.1) is 13.7 Å². The number of amides is 3. The Kier molecular flexibility index (Phi) is 6.68. The zero-order valence-electron chi connectivity index (χ0n) is 13.0. The highest BCUT2D eigenvalue weighted by Crippen LogP contribution is 2.11. The Bertz CT molecular complexity index is 474. The number of likely N-dealkylation sites (N-methyl/N-ethyl adjacent to an activating group) is 1. The molecule has 1 unspecified atom stereocenters. The van der Waals surface area contributed by atoms with E-state index in [-0.39, 0.29) is 11.9 Å². The average molecular weight is 294 g/mol. The predicted octanol–water partition coefficient (Wildman–Crippen LogP) is -0.0559. The fraction of sp³-hybridized carbons (Fsp3) is 0.467. The quantitative estimate of drug-likeness (QED) is 0.688. The highest BCUT2D eigenvalue weighted by atomic mass is 16.5. The minimum Gasteiger partial charge on any atom is -0.494 e. The molecule has 1 aromatic rings. The number of imide groups is 1. The predicted molar refractivity (Wildman–Crippen MR) is 80.3 cm³/mol. The molecular weight excluding hydrogens is 270 g/mol. The minimum atomic E-state index is -0.485. The zero-order chi connectivity index (χ0) is 15.8. The number of nitrogens with one attached hydrogen (secondary N) is 3. The molecule has 0 aliphatic carbocycles. The number of hydrogen-bond acceptors (Lipinski definition) is 3. The lowest BCUT2D eigenvalue weighted by Gasteiger charge is -2.20. The van der Waals surface area contributed by atoms with Crippen LogP contribution in [0.4, 0.5) is 4.79 Å². The number of carbonyl (C=O) groups excluding carboxylic acids is 2. The molecule has 1 rings (SSSR count). The Morgan fingerprint density at radius 1 is 1.29 bits per heavy atom. The zero-order valence-corrected chi connectivity index (χ0v) is 13.0. The van der Waals surface area contributed by atoms with E-state index in [1.165, 1.54) is 7.05 Å². The van der Waals surface area contributed by atoms with Gasteiger partial charge in [-0.1, -0.05) is 0 Å². The summed E-state index contributed by atoms with van der Waals surface area (Å²) in [6.45, 7) is 5.07. The summed E-state index contributed by atoms with van der Waals surface area (Å²) < 4.78 is 5.39. The Morgan fingerprint density at radius 2 is 1.90 bits per heavy atom. The van der Waals surface area contributed by atoms with Crippen molar-refractivity contribution in [1.29, 1.82) is 0 Å². The van der Waals surface area contributed by atoms with Gasteiger partial charge in [0.25, 0.3) is 5.91 Å². The highest BCUT2D eigenvalue weighted by Gasteiger charge is 2.23. The van der Waals surface area contributed by atoms with Crippen molar-refractivity contribution >= 4 is 11.9 Å². The molecular formula is C15H24N3O3+. The standard InChI is InChI=1S/C15H23N3O3/c1-5-21-13-8-6-12(7-9-13)10-18(4)11(2)14(19)17-15(20)16-3/h6-9,11H,5,10H2,1-4H3,(H2,16,17,19,20)/p+1/t11-/m0/s1. The van der Waals surface area contributed by atoms with Crippen molar-refractivity contribution in [3.8, 4) is 5.75 Å². The van der Waals surface area contributed by atoms with Crippen LogP contribution in [0.15, 0.2) is 24.3 Å². The Morgan fingerprint density at radius 3 is 2.43 bits per heavy atom. The first-order valence-electron chi connectivity index (χ1n) is 7.04. The van der Waals surface area contributed by atoms with Crippen molar-refractivity contribution in [3.05, 3.63) is 29.8 Å². The maximum atomic E-state index is 11.9. The largest absolute Gasteiger partial charge is 0.494 e. The fourth-order valence-electron chi connectivity index (χ4n) is 1.85. The number of hydrogen-bond donors (Lipinski definition) is 3. The van der Waals surface area contributed by atoms with E-state index in [9.17, 15) is 9.59 Å². The van der Waals surface area contributed by atoms with Crippen LogP contribution in [0.3, 0.4) is 0 Å². The first-order chi connectivity index (χ1) is 9.97. The molecule has 0 radical (unpaired) electrons. The molecule has 0 fully saturated rings. The summed E-state index contributed by atoms with van der Waals surface area (Å²) in [7, 11) is 3.40. The molecule has 0 saturated heterocycles. The molecule has 0 aliphatic rings. The van der Waals surface area contributed by atoms with Crippen LogP contribution in [-0.2, 0) is 11.3 Å². The van der Waals surface area contributed by atoms with Crippen molar-refractivity contribution in [1.82, 2.24) is 10.6 Å². The first-order valence-corrected chi connectivity index (χ1v) is 7.04. The van der Waals surface area contributed by atoms with Crippen LogP contribution in [0.2, 0.25) is 0 Å². The molecule has 0 heterocycles. The molecule has 6 heteroatoms. The molecule has 6 nitrogen and oxygen atoms in total. The molecule has 0 spiro atoms. The van der Waals surface area contributed by atoms with E-state index in [2.05, 4.69) is 10.6 Å². The van der Waals surface area contributed by atoms with Crippen molar-refractivity contribution in [2.24, 2.45) is 0 Å². The second-order valence-electron chi connectivity index (χ2n) is 4.89. The van der Waals surface area contributed by atoms with E-state index < -0.39 is 6.03 Å². The molecule has 3 N–H and O–H groups in total. The maximum absolute atomic E-state index is 11.9. The summed E-state index contributed by atoms with van der Waals surface area (Å²) in [4.78, 5) is 24.0. The van der Waals surface area contributed by atoms with Crippen molar-refractivity contribution < 1.29 is 19.2 Å². The SMILES string of the molecule is CCOc1ccc(C[NH+](C)[C@@H](C)C(=O)NC(=O)NC)cc1. The van der Waals surface area contributed by atoms with Gasteiger partial charge in [0.2, 0.25) is 0 Å². The third kappa shape index (κ3) is 5.43. The van der Waals surface area contributed by atoms with Gasteiger partial charge in [-0.25, -0.2) is 4.79 Å². The monoisotopic (exact) mass is 294 g/mol. The summed E-state index contributed by atoms with van der Waals surface area (Å²) in [5.74, 6) is 0.544. The van der Waals surface area contributed by atoms with E-state index in [0.29, 0.717) is 13.2 Å². The Balaban J connectivity index is 2.56. The molecule has 2 atom stereocenters. The van der Waals surface area contributed by atoms with E-state index in [1.807, 2.05) is 38.2 Å². The summed E-state index contributed by atoms with van der Waals surface area (Å²) in [5, 5.41) is 4.66. The molecule has 3 amide bonds. The van der Waals surface area contributed by atoms with E-state index in [0.717, 1.165) is 16.2 Å². The van der Waals surface area contributed by atoms with Crippen molar-refractivity contribution in [2.75, 3.05) is 20.7 Å². The molecule has 0 aliphatic heterocycles. The molecule has 0 saturated carbocycles. The number of quaternary nitrogens is 1. The summed E-state index contributed by atoms with van der Waals surface area (Å²) in [5.41, 5.74) is 1.11. The van der Waals surface area contributed by atoms with E-state index >= 15 is 0 Å². The van der Waals surface area contributed by atoms with E-state index in [1.54, 1.807) is 6.92 Å². The second-order valence-corrected chi connectivity index (χ2v) is 4.89. The smallest absolute Gasteiger partial charge is 0.321 e. The number of benzene rings is 1. The number of ether oxygens (including phenoxy) is 1. The molecule has 21 heavy (non-hydrogen) atoms. The van der Waals surface area contributed by atoms with Crippen LogP contribution in [0.1, 0.15) is 19.4 Å². The minimum absolute atomic E-state index is 0.294. The van der Waals surface area contributed by atoms with E-state index in [4.69, 9.17) is 4.74 Å². The second kappa shape index (κ2) is 8.26. The molecule has 0 bridgehead atoms. The summed E-state index contributed by atoms with van der Waals surface area (Å²) in [6, 6.07) is 6.99. The fourth-order valence-corrected chi connectivity index (χ4v) is 1.85. The van der Waals surface area contributed by atoms with Gasteiger partial charge in [-0.3, -0.25) is 10.1 Å². The molecule has 116 valence electrons. The van der Waals surface area contributed by atoms with Gasteiger partial charge in [0.15, 0.2) is 6.04 Å². The lowest BCUT2D eigenvalue weighted by atomic mass is 10.2. The topological polar surface area (TPSA) is 71.9 Å². The number of rotatable bonds is 6. The van der Waals surface area contributed by atoms with Crippen LogP contribution in [-0.4, -0.2) is 38.7 Å². The van der Waals surface area contributed by atoms with Crippen LogP contribution in [0.5, 0.6) is 5.75 Å². The van der Waals surface area contributed by atoms with Gasteiger partial charge < -0.3 is 15.0 Å². The Hall–Kier alpha value is -2.08. The van der Waals surface area contributed by atoms with Gasteiger partial charge >= 0.3 is 6.03 Å². The normalized spacial score (nSPS) is 13.1. The van der Waals surface area contributed by atoms with Crippen molar-refractivity contribution in [2.45, 2.75) is 26.4 Å². The first kappa shape index (κ1) is 17.0. The molecule has 1 aromatic carbocycles. The lowest BCUT2D eigenvalue weighted by Crippen LogP contribution is -3.12. The highest BCUT2D eigenvalue weighted by molar-refractivity contribution is 5.96. The summed E-state index contributed by atoms with van der Waals surface area (Å²) >= 11 is 0. The van der Waals surface area contributed by atoms with Crippen LogP contribution >= 0.6 is 0 Å². The van der Waals surface area contributed by atoms with Crippen LogP contribution in [0, 0.1) is 0 Å². The van der Waals surface area contributed by atoms with Gasteiger partial charge in [-0.05, 0) is 38.1 Å². The third-order valence-electron chi connectivity index (χ3n) is 3.31. The van der Waals surface area contributed by atoms with Gasteiger partial charge in [0, 0.05) is 12.6 Å². The number of urea groups is 1. The van der Waals surface area contributed by atoms with Gasteiger partial charge in [0.1, 0.15) is 12.3 Å². The Labute approximate surface area is 125 Å². The number of carbonyl (C=O) groups is 2. The maximum Gasteiger partial charge on any atom is 0.321 e. The molecule has 0 aromatic heterocycles. The lowest BCUT2D eigenvalue weighted by molar-refractivity contribution is -0.908. The van der Waals surface area contributed by atoms with Crippen molar-refractivity contribution in [3.63, 3.8) is 0 Å². The van der Waals surface area contributed by atoms with Crippen LogP contribution in [0.25, 0.3) is 0 Å². The average Bonchev–Trinajstić information content (AvgIpc) is 2.48. The third-order valence-corrected chi connectivity index (χ3v) is 3.31. The summed E-state index contributed by atoms with van der Waals surface area (Å²) in [6.07, 6.45) is 0.